The Morgan fingerprint density at radius 1 is 0.930 bits per heavy atom. The fraction of sp³-hybridized carbons (Fsp3) is 0.341. The summed E-state index contributed by atoms with van der Waals surface area (Å²) in [5, 5.41) is 5.17. The van der Waals surface area contributed by atoms with Gasteiger partial charge in [-0.2, -0.15) is 0 Å². The third-order valence-corrected chi connectivity index (χ3v) is 11.6. The van der Waals surface area contributed by atoms with Crippen molar-refractivity contribution in [2.75, 3.05) is 56.3 Å². The lowest BCUT2D eigenvalue weighted by molar-refractivity contribution is -0.136. The average molecular weight is 790 g/mol. The molecule has 57 heavy (non-hydrogen) atoms. The molecular weight excluding hydrogens is 747 g/mol. The maximum atomic E-state index is 13.1. The van der Waals surface area contributed by atoms with Crippen LogP contribution in [0.2, 0.25) is 0 Å². The molecule has 3 aliphatic rings. The summed E-state index contributed by atoms with van der Waals surface area (Å²) in [6, 6.07) is 17.7. The predicted octanol–water partition coefficient (Wildman–Crippen LogP) is 4.35. The largest absolute Gasteiger partial charge is 0.382 e. The summed E-state index contributed by atoms with van der Waals surface area (Å²) in [7, 11) is 0. The number of imidazole rings is 1. The maximum absolute atomic E-state index is 13.1. The third-order valence-electron chi connectivity index (χ3n) is 10.5. The van der Waals surface area contributed by atoms with E-state index in [-0.39, 0.29) is 30.2 Å². The lowest BCUT2D eigenvalue weighted by Gasteiger charge is -2.29. The summed E-state index contributed by atoms with van der Waals surface area (Å²) < 4.78 is 13.9. The molecule has 2 atom stereocenters. The van der Waals surface area contributed by atoms with E-state index in [2.05, 4.69) is 25.5 Å². The minimum Gasteiger partial charge on any atom is -0.382 e. The number of thioether (sulfide) groups is 1. The number of imide groups is 1. The standard InChI is InChI=1S/C41H43N9O6S/c42-37-36-35(26-9-11-27(12-10-26)39(52)45-33-8-1-2-15-43-33)47-38(49(36)18-16-44-37)30-6-4-17-48(30)19-20-55-21-22-56-23-24-57-32-7-3-5-28-29(32)25-50(41(28)54)31-13-14-34(51)46-40(31)53/h1-3,5,7-12,15-16,18,30-31H,4,6,13-14,17,19-25H2,(H2,42,44)(H,43,45,52)(H,46,51,53)/t30-,31?/m0/s1. The van der Waals surface area contributed by atoms with Crippen molar-refractivity contribution in [1.29, 1.82) is 0 Å². The SMILES string of the molecule is Nc1nccn2c([C@@H]3CCCN3CCOCCOCCSc3cccc4c3CN(C3CCC(=O)NC3=O)C4=O)nc(-c3ccc(C(=O)Nc4ccccn4)cc3)c12. The molecular formula is C41H43N9O6S. The molecule has 6 heterocycles. The molecule has 0 saturated carbocycles. The van der Waals surface area contributed by atoms with Crippen molar-refractivity contribution in [1.82, 2.24) is 34.5 Å². The van der Waals surface area contributed by atoms with Gasteiger partial charge in [-0.25, -0.2) is 15.0 Å². The number of fused-ring (bicyclic) bond motifs is 2. The van der Waals surface area contributed by atoms with Crippen LogP contribution in [0.15, 0.2) is 84.1 Å². The van der Waals surface area contributed by atoms with Gasteiger partial charge >= 0.3 is 0 Å². The van der Waals surface area contributed by atoms with Crippen LogP contribution >= 0.6 is 11.8 Å². The first-order chi connectivity index (χ1) is 27.9. The van der Waals surface area contributed by atoms with E-state index in [0.717, 1.165) is 53.3 Å². The fourth-order valence-electron chi connectivity index (χ4n) is 7.72. The molecule has 16 heteroatoms. The molecule has 4 N–H and O–H groups in total. The molecule has 2 saturated heterocycles. The molecule has 2 aromatic carbocycles. The molecule has 3 aliphatic heterocycles. The van der Waals surface area contributed by atoms with Gasteiger partial charge in [0.15, 0.2) is 0 Å². The number of hydrogen-bond acceptors (Lipinski definition) is 12. The van der Waals surface area contributed by atoms with Gasteiger partial charge in [0.2, 0.25) is 11.8 Å². The molecule has 1 unspecified atom stereocenters. The van der Waals surface area contributed by atoms with E-state index in [1.165, 1.54) is 0 Å². The molecule has 3 aromatic heterocycles. The lowest BCUT2D eigenvalue weighted by atomic mass is 10.0. The Balaban J connectivity index is 0.806. The number of benzene rings is 2. The quantitative estimate of drug-likeness (QED) is 0.0775. The van der Waals surface area contributed by atoms with Gasteiger partial charge in [0.1, 0.15) is 34.7 Å². The minimum absolute atomic E-state index is 0.0687. The molecule has 0 bridgehead atoms. The first-order valence-electron chi connectivity index (χ1n) is 19.1. The monoisotopic (exact) mass is 789 g/mol. The second-order valence-corrected chi connectivity index (χ2v) is 15.2. The van der Waals surface area contributed by atoms with Crippen LogP contribution in [-0.4, -0.2) is 104 Å². The predicted molar refractivity (Wildman–Crippen MR) is 213 cm³/mol. The number of amides is 4. The molecule has 15 nitrogen and oxygen atoms in total. The molecule has 5 aromatic rings. The first-order valence-corrected chi connectivity index (χ1v) is 20.1. The number of nitrogens with two attached hydrogens (primary N) is 1. The number of nitrogens with one attached hydrogen (secondary N) is 2. The Labute approximate surface area is 333 Å². The van der Waals surface area contributed by atoms with E-state index in [0.29, 0.717) is 73.6 Å². The van der Waals surface area contributed by atoms with Gasteiger partial charge in [-0.05, 0) is 67.8 Å². The van der Waals surface area contributed by atoms with Gasteiger partial charge in [0.05, 0.1) is 32.5 Å². The van der Waals surface area contributed by atoms with Crippen molar-refractivity contribution in [3.63, 3.8) is 0 Å². The number of nitrogen functional groups attached to an aromatic ring is 1. The summed E-state index contributed by atoms with van der Waals surface area (Å²) in [6.07, 6.45) is 7.76. The highest BCUT2D eigenvalue weighted by atomic mass is 32.2. The number of rotatable bonds is 15. The summed E-state index contributed by atoms with van der Waals surface area (Å²) in [5.41, 5.74) is 10.7. The van der Waals surface area contributed by atoms with Crippen molar-refractivity contribution in [3.8, 4) is 11.3 Å². The fourth-order valence-corrected chi connectivity index (χ4v) is 8.67. The van der Waals surface area contributed by atoms with Crippen molar-refractivity contribution < 1.29 is 28.7 Å². The number of hydrogen-bond donors (Lipinski definition) is 3. The number of aromatic nitrogens is 4. The number of carbonyl (C=O) groups is 4. The second-order valence-electron chi connectivity index (χ2n) is 14.0. The highest BCUT2D eigenvalue weighted by Gasteiger charge is 2.40. The zero-order valence-electron chi connectivity index (χ0n) is 31.3. The number of piperidine rings is 1. The number of pyridine rings is 1. The highest BCUT2D eigenvalue weighted by Crippen LogP contribution is 2.37. The van der Waals surface area contributed by atoms with E-state index >= 15 is 0 Å². The van der Waals surface area contributed by atoms with Crippen molar-refractivity contribution in [2.24, 2.45) is 0 Å². The van der Waals surface area contributed by atoms with Crippen molar-refractivity contribution >= 4 is 52.5 Å². The smallest absolute Gasteiger partial charge is 0.256 e. The van der Waals surface area contributed by atoms with E-state index in [9.17, 15) is 19.2 Å². The van der Waals surface area contributed by atoms with Crippen LogP contribution < -0.4 is 16.4 Å². The van der Waals surface area contributed by atoms with Crippen LogP contribution in [0.4, 0.5) is 11.6 Å². The van der Waals surface area contributed by atoms with E-state index in [4.69, 9.17) is 20.2 Å². The maximum Gasteiger partial charge on any atom is 0.256 e. The van der Waals surface area contributed by atoms with E-state index < -0.39 is 11.9 Å². The van der Waals surface area contributed by atoms with Crippen molar-refractivity contribution in [3.05, 3.63) is 102 Å². The summed E-state index contributed by atoms with van der Waals surface area (Å²) in [6.45, 7) is 4.00. The first kappa shape index (κ1) is 38.2. The van der Waals surface area contributed by atoms with Crippen LogP contribution in [0.25, 0.3) is 16.8 Å². The molecule has 0 spiro atoms. The Kier molecular flexibility index (Phi) is 11.5. The topological polar surface area (TPSA) is 186 Å². The molecule has 2 fully saturated rings. The van der Waals surface area contributed by atoms with Gasteiger partial charge in [0.25, 0.3) is 11.8 Å². The van der Waals surface area contributed by atoms with Crippen LogP contribution in [0.3, 0.4) is 0 Å². The lowest BCUT2D eigenvalue weighted by Crippen LogP contribution is -2.52. The van der Waals surface area contributed by atoms with Gasteiger partial charge in [0, 0.05) is 65.4 Å². The normalized spacial score (nSPS) is 18.3. The molecule has 0 aliphatic carbocycles. The minimum atomic E-state index is -0.633. The van der Waals surface area contributed by atoms with Crippen molar-refractivity contribution in [2.45, 2.75) is 49.2 Å². The number of ether oxygens (including phenoxy) is 2. The number of carbonyl (C=O) groups excluding carboxylic acids is 4. The van der Waals surface area contributed by atoms with Gasteiger partial charge < -0.3 is 25.4 Å². The van der Waals surface area contributed by atoms with E-state index in [1.54, 1.807) is 59.4 Å². The number of likely N-dealkylation sites (tertiary alicyclic amines) is 1. The Hall–Kier alpha value is -5.68. The molecule has 8 rings (SSSR count). The summed E-state index contributed by atoms with van der Waals surface area (Å²) in [5.74, 6) is 1.32. The van der Waals surface area contributed by atoms with Gasteiger partial charge in [-0.1, -0.05) is 24.3 Å². The van der Waals surface area contributed by atoms with Gasteiger partial charge in [-0.3, -0.25) is 33.8 Å². The average Bonchev–Trinajstić information content (AvgIpc) is 3.94. The van der Waals surface area contributed by atoms with Crippen LogP contribution in [-0.2, 0) is 25.6 Å². The highest BCUT2D eigenvalue weighted by molar-refractivity contribution is 7.99. The summed E-state index contributed by atoms with van der Waals surface area (Å²) >= 11 is 1.62. The van der Waals surface area contributed by atoms with E-state index in [1.807, 2.05) is 40.9 Å². The van der Waals surface area contributed by atoms with Gasteiger partial charge in [-0.15, -0.1) is 11.8 Å². The van der Waals surface area contributed by atoms with Crippen LogP contribution in [0.1, 0.15) is 63.8 Å². The van der Waals surface area contributed by atoms with Crippen LogP contribution in [0, 0.1) is 0 Å². The zero-order chi connectivity index (χ0) is 39.3. The zero-order valence-corrected chi connectivity index (χ0v) is 32.1. The Morgan fingerprint density at radius 2 is 1.77 bits per heavy atom. The third kappa shape index (κ3) is 8.25. The second kappa shape index (κ2) is 17.2. The molecule has 0 radical (unpaired) electrons. The number of anilines is 2. The molecule has 4 amide bonds. The van der Waals surface area contributed by atoms with Crippen LogP contribution in [0.5, 0.6) is 0 Å². The summed E-state index contributed by atoms with van der Waals surface area (Å²) in [4.78, 5) is 68.6. The number of nitrogens with zero attached hydrogens (tertiary/aromatic N) is 6. The molecule has 294 valence electrons. The Morgan fingerprint density at radius 3 is 2.58 bits per heavy atom. The Bertz CT molecular complexity index is 2290.